The van der Waals surface area contributed by atoms with Crippen molar-refractivity contribution in [3.05, 3.63) is 11.6 Å². The number of Topliss-reactive ketones (excluding diaryl/α,β-unsaturated/α-hetero) is 1. The van der Waals surface area contributed by atoms with Gasteiger partial charge in [0.1, 0.15) is 18.3 Å². The number of ketones is 1. The van der Waals surface area contributed by atoms with Crippen LogP contribution in [0.1, 0.15) is 119 Å². The SMILES string of the molecule is CC(=O)CC(=O)O[C@H]1CC[C@@]2(C)C(=CC[C@@H]3[C@H]4CC[C@@H]([C@H](C)CCCC(C)C)[C@]4(C)CC[C@H]32)C1. The van der Waals surface area contributed by atoms with Gasteiger partial charge in [0, 0.05) is 6.42 Å². The molecule has 0 bridgehead atoms. The molecule has 0 aromatic rings. The Bertz CT molecular complexity index is 796. The van der Waals surface area contributed by atoms with E-state index < -0.39 is 0 Å². The van der Waals surface area contributed by atoms with Crippen molar-refractivity contribution < 1.29 is 14.3 Å². The molecule has 3 nitrogen and oxygen atoms in total. The summed E-state index contributed by atoms with van der Waals surface area (Å²) in [6.45, 7) is 13.9. The Labute approximate surface area is 208 Å². The number of hydrogen-bond acceptors (Lipinski definition) is 3. The molecule has 3 fully saturated rings. The summed E-state index contributed by atoms with van der Waals surface area (Å²) < 4.78 is 5.70. The van der Waals surface area contributed by atoms with Crippen molar-refractivity contribution in [1.82, 2.24) is 0 Å². The predicted molar refractivity (Wildman–Crippen MR) is 138 cm³/mol. The molecule has 192 valence electrons. The van der Waals surface area contributed by atoms with Gasteiger partial charge in [0.2, 0.25) is 0 Å². The van der Waals surface area contributed by atoms with Crippen molar-refractivity contribution in [2.75, 3.05) is 0 Å². The number of allylic oxidation sites excluding steroid dienone is 1. The molecule has 4 rings (SSSR count). The number of carbonyl (C=O) groups excluding carboxylic acids is 2. The Balaban J connectivity index is 1.43. The van der Waals surface area contributed by atoms with E-state index in [1.807, 2.05) is 0 Å². The Kier molecular flexibility index (Phi) is 7.71. The van der Waals surface area contributed by atoms with Gasteiger partial charge in [-0.15, -0.1) is 0 Å². The van der Waals surface area contributed by atoms with Crippen LogP contribution in [0, 0.1) is 46.3 Å². The lowest BCUT2D eigenvalue weighted by Crippen LogP contribution is -2.51. The van der Waals surface area contributed by atoms with Crippen LogP contribution in [0.3, 0.4) is 0 Å². The van der Waals surface area contributed by atoms with Gasteiger partial charge >= 0.3 is 5.97 Å². The minimum Gasteiger partial charge on any atom is -0.462 e. The first kappa shape index (κ1) is 26.0. The van der Waals surface area contributed by atoms with Crippen LogP contribution in [0.5, 0.6) is 0 Å². The lowest BCUT2D eigenvalue weighted by Gasteiger charge is -2.58. The summed E-state index contributed by atoms with van der Waals surface area (Å²) in [5.74, 6) is 4.63. The predicted octanol–water partition coefficient (Wildman–Crippen LogP) is 7.92. The van der Waals surface area contributed by atoms with E-state index in [0.717, 1.165) is 54.8 Å². The highest BCUT2D eigenvalue weighted by atomic mass is 16.5. The molecule has 0 aromatic heterocycles. The van der Waals surface area contributed by atoms with E-state index in [-0.39, 0.29) is 29.7 Å². The topological polar surface area (TPSA) is 43.4 Å². The maximum Gasteiger partial charge on any atom is 0.313 e. The van der Waals surface area contributed by atoms with E-state index in [2.05, 4.69) is 40.7 Å². The highest BCUT2D eigenvalue weighted by Gasteiger charge is 2.59. The summed E-state index contributed by atoms with van der Waals surface area (Å²) in [4.78, 5) is 23.4. The smallest absolute Gasteiger partial charge is 0.313 e. The number of hydrogen-bond donors (Lipinski definition) is 0. The molecule has 8 atom stereocenters. The van der Waals surface area contributed by atoms with Gasteiger partial charge in [0.15, 0.2) is 0 Å². The zero-order valence-corrected chi connectivity index (χ0v) is 22.8. The molecule has 0 amide bonds. The minimum absolute atomic E-state index is 0.0425. The van der Waals surface area contributed by atoms with Gasteiger partial charge in [-0.25, -0.2) is 0 Å². The van der Waals surface area contributed by atoms with Gasteiger partial charge in [-0.3, -0.25) is 9.59 Å². The van der Waals surface area contributed by atoms with E-state index in [4.69, 9.17) is 4.74 Å². The summed E-state index contributed by atoms with van der Waals surface area (Å²) >= 11 is 0. The fraction of sp³-hybridized carbons (Fsp3) is 0.871. The molecule has 4 aliphatic carbocycles. The average molecular weight is 471 g/mol. The monoisotopic (exact) mass is 470 g/mol. The van der Waals surface area contributed by atoms with Gasteiger partial charge in [-0.05, 0) is 98.2 Å². The van der Waals surface area contributed by atoms with Crippen LogP contribution in [0.2, 0.25) is 0 Å². The van der Waals surface area contributed by atoms with Crippen LogP contribution in [0.15, 0.2) is 11.6 Å². The molecular weight excluding hydrogens is 420 g/mol. The van der Waals surface area contributed by atoms with Crippen molar-refractivity contribution in [2.45, 2.75) is 125 Å². The second-order valence-electron chi connectivity index (χ2n) is 13.5. The van der Waals surface area contributed by atoms with Crippen LogP contribution in [0.4, 0.5) is 0 Å². The summed E-state index contributed by atoms with van der Waals surface area (Å²) in [6, 6.07) is 0. The second kappa shape index (κ2) is 10.1. The quantitative estimate of drug-likeness (QED) is 0.205. The Morgan fingerprint density at radius 1 is 1.03 bits per heavy atom. The molecule has 0 spiro atoms. The normalized spacial score (nSPS) is 40.1. The van der Waals surface area contributed by atoms with E-state index in [0.29, 0.717) is 5.41 Å². The summed E-state index contributed by atoms with van der Waals surface area (Å²) in [7, 11) is 0. The number of carbonyl (C=O) groups is 2. The van der Waals surface area contributed by atoms with Gasteiger partial charge in [0.25, 0.3) is 0 Å². The molecule has 0 saturated heterocycles. The molecule has 4 aliphatic rings. The highest BCUT2D eigenvalue weighted by Crippen LogP contribution is 2.67. The lowest BCUT2D eigenvalue weighted by atomic mass is 9.47. The molecule has 0 radical (unpaired) electrons. The van der Waals surface area contributed by atoms with Crippen molar-refractivity contribution >= 4 is 11.8 Å². The van der Waals surface area contributed by atoms with Crippen LogP contribution in [-0.2, 0) is 14.3 Å². The maximum absolute atomic E-state index is 12.1. The number of rotatable bonds is 8. The second-order valence-corrected chi connectivity index (χ2v) is 13.5. The third-order valence-corrected chi connectivity index (χ3v) is 11.0. The highest BCUT2D eigenvalue weighted by molar-refractivity contribution is 5.94. The van der Waals surface area contributed by atoms with Crippen LogP contribution >= 0.6 is 0 Å². The summed E-state index contributed by atoms with van der Waals surface area (Å²) in [6.07, 6.45) is 16.4. The molecule has 0 aromatic carbocycles. The first-order chi connectivity index (χ1) is 16.0. The number of esters is 1. The van der Waals surface area contributed by atoms with Gasteiger partial charge in [0.05, 0.1) is 0 Å². The zero-order valence-electron chi connectivity index (χ0n) is 22.8. The first-order valence-electron chi connectivity index (χ1n) is 14.4. The molecule has 0 unspecified atom stereocenters. The molecule has 0 N–H and O–H groups in total. The van der Waals surface area contributed by atoms with Gasteiger partial charge < -0.3 is 4.74 Å². The fourth-order valence-corrected chi connectivity index (χ4v) is 9.18. The van der Waals surface area contributed by atoms with Crippen molar-refractivity contribution in [2.24, 2.45) is 46.3 Å². The van der Waals surface area contributed by atoms with Crippen molar-refractivity contribution in [3.8, 4) is 0 Å². The van der Waals surface area contributed by atoms with E-state index in [1.165, 1.54) is 58.3 Å². The Hall–Kier alpha value is -1.12. The molecule has 3 saturated carbocycles. The maximum atomic E-state index is 12.1. The lowest BCUT2D eigenvalue weighted by molar-refractivity contribution is -0.153. The first-order valence-corrected chi connectivity index (χ1v) is 14.4. The van der Waals surface area contributed by atoms with Gasteiger partial charge in [-0.2, -0.15) is 0 Å². The van der Waals surface area contributed by atoms with Gasteiger partial charge in [-0.1, -0.05) is 65.5 Å². The molecule has 3 heteroatoms. The van der Waals surface area contributed by atoms with E-state index in [9.17, 15) is 9.59 Å². The minimum atomic E-state index is -0.344. The molecule has 0 heterocycles. The molecule has 34 heavy (non-hydrogen) atoms. The Morgan fingerprint density at radius 3 is 2.50 bits per heavy atom. The summed E-state index contributed by atoms with van der Waals surface area (Å²) in [5.41, 5.74) is 2.34. The average Bonchev–Trinajstić information content (AvgIpc) is 3.10. The Morgan fingerprint density at radius 2 is 1.79 bits per heavy atom. The van der Waals surface area contributed by atoms with Crippen molar-refractivity contribution in [1.29, 1.82) is 0 Å². The van der Waals surface area contributed by atoms with Crippen LogP contribution in [-0.4, -0.2) is 17.9 Å². The van der Waals surface area contributed by atoms with Crippen LogP contribution < -0.4 is 0 Å². The fourth-order valence-electron chi connectivity index (χ4n) is 9.18. The zero-order chi connectivity index (χ0) is 24.7. The third kappa shape index (κ3) is 4.92. The number of ether oxygens (including phenoxy) is 1. The van der Waals surface area contributed by atoms with Crippen LogP contribution in [0.25, 0.3) is 0 Å². The van der Waals surface area contributed by atoms with Crippen molar-refractivity contribution in [3.63, 3.8) is 0 Å². The van der Waals surface area contributed by atoms with E-state index in [1.54, 1.807) is 5.57 Å². The largest absolute Gasteiger partial charge is 0.462 e. The molecule has 0 aliphatic heterocycles. The number of fused-ring (bicyclic) bond motifs is 5. The third-order valence-electron chi connectivity index (χ3n) is 11.0. The standard InChI is InChI=1S/C31H50O3/c1-20(2)8-7-9-21(3)26-12-13-27-25-11-10-23-19-24(34-29(33)18-22(4)32)14-16-30(23,5)28(25)15-17-31(26,27)6/h10,20-21,24-28H,7-9,11-19H2,1-6H3/t21-,24+,25-,26+,27-,28-,30+,31+/m1/s1. The van der Waals surface area contributed by atoms with E-state index >= 15 is 0 Å². The summed E-state index contributed by atoms with van der Waals surface area (Å²) in [5, 5.41) is 0. The molecular formula is C31H50O3.